The van der Waals surface area contributed by atoms with Crippen molar-refractivity contribution < 1.29 is 18.7 Å². The number of amidine groups is 1. The minimum atomic E-state index is -0.627. The fraction of sp³-hybridized carbons (Fsp3) is 0.533. The summed E-state index contributed by atoms with van der Waals surface area (Å²) in [5.41, 5.74) is 0.350. The van der Waals surface area contributed by atoms with Crippen LogP contribution in [0.1, 0.15) is 71.3 Å². The molecule has 0 radical (unpaired) electrons. The van der Waals surface area contributed by atoms with Gasteiger partial charge in [0.15, 0.2) is 0 Å². The molecule has 2 fully saturated rings. The first kappa shape index (κ1) is 28.0. The van der Waals surface area contributed by atoms with Crippen molar-refractivity contribution in [3.63, 3.8) is 0 Å². The molecule has 2 N–H and O–H groups in total. The maximum atomic E-state index is 14.2. The first-order chi connectivity index (χ1) is 19.1. The molecule has 10 heteroatoms. The number of rotatable bonds is 5. The number of benzene rings is 1. The number of anilines is 2. The Balaban J connectivity index is 1.27. The van der Waals surface area contributed by atoms with E-state index in [4.69, 9.17) is 4.74 Å². The number of nitrogens with zero attached hydrogens (tertiary/aromatic N) is 4. The summed E-state index contributed by atoms with van der Waals surface area (Å²) in [6.45, 7) is 7.60. The highest BCUT2D eigenvalue weighted by Crippen LogP contribution is 2.39. The number of aromatic nitrogens is 1. The summed E-state index contributed by atoms with van der Waals surface area (Å²) in [5.74, 6) is 0.789. The molecule has 214 valence electrons. The first-order valence-corrected chi connectivity index (χ1v) is 14.2. The minimum absolute atomic E-state index is 0.307. The Morgan fingerprint density at radius 1 is 1.12 bits per heavy atom. The summed E-state index contributed by atoms with van der Waals surface area (Å²) in [4.78, 5) is 38.2. The van der Waals surface area contributed by atoms with Gasteiger partial charge >= 0.3 is 12.1 Å². The van der Waals surface area contributed by atoms with Gasteiger partial charge in [0.05, 0.1) is 0 Å². The van der Waals surface area contributed by atoms with Gasteiger partial charge in [0.1, 0.15) is 28.6 Å². The maximum Gasteiger partial charge on any atom is 0.413 e. The van der Waals surface area contributed by atoms with E-state index in [1.165, 1.54) is 31.4 Å². The molecule has 1 saturated carbocycles. The lowest BCUT2D eigenvalue weighted by atomic mass is 9.83. The van der Waals surface area contributed by atoms with Crippen LogP contribution in [0.2, 0.25) is 0 Å². The molecule has 40 heavy (non-hydrogen) atoms. The van der Waals surface area contributed by atoms with Crippen molar-refractivity contribution in [2.24, 2.45) is 4.99 Å². The van der Waals surface area contributed by atoms with Crippen molar-refractivity contribution in [2.45, 2.75) is 89.4 Å². The van der Waals surface area contributed by atoms with E-state index in [1.54, 1.807) is 29.3 Å². The Morgan fingerprint density at radius 2 is 1.88 bits per heavy atom. The van der Waals surface area contributed by atoms with Crippen molar-refractivity contribution in [2.75, 3.05) is 23.3 Å². The van der Waals surface area contributed by atoms with E-state index in [0.29, 0.717) is 36.9 Å². The van der Waals surface area contributed by atoms with Crippen molar-refractivity contribution in [3.05, 3.63) is 54.0 Å². The lowest BCUT2D eigenvalue weighted by molar-refractivity contribution is 0.0635. The average molecular weight is 551 g/mol. The standard InChI is InChI=1S/C30H39FN6O3/c1-29(2,3)40-28(39)34-25-13-12-21(19-32-25)20-36-16-14-30(15-17-36)26(33-23-9-5-4-6-10-23)35-27(38)37(30)24-11-7-8-22(31)18-24/h7-8,11-13,18-19,23H,4-6,9-10,14-17,20H2,1-3H3,(H,32,34,39)(H,33,35,38). The molecule has 3 amide bonds. The molecule has 9 nitrogen and oxygen atoms in total. The lowest BCUT2D eigenvalue weighted by Gasteiger charge is -2.45. The number of hydrogen-bond acceptors (Lipinski definition) is 6. The number of pyridine rings is 1. The van der Waals surface area contributed by atoms with Crippen molar-refractivity contribution in [1.29, 1.82) is 0 Å². The number of halogens is 1. The van der Waals surface area contributed by atoms with Gasteiger partial charge in [0.2, 0.25) is 0 Å². The molecule has 1 aromatic carbocycles. The molecule has 5 rings (SSSR count). The molecule has 0 unspecified atom stereocenters. The highest BCUT2D eigenvalue weighted by atomic mass is 19.1. The third-order valence-electron chi connectivity index (χ3n) is 7.82. The monoisotopic (exact) mass is 550 g/mol. The zero-order valence-corrected chi connectivity index (χ0v) is 23.6. The van der Waals surface area contributed by atoms with Crippen LogP contribution in [0.5, 0.6) is 0 Å². The van der Waals surface area contributed by atoms with Crippen molar-refractivity contribution in [1.82, 2.24) is 15.2 Å². The number of carbonyl (C=O) groups excluding carboxylic acids is 2. The van der Waals surface area contributed by atoms with E-state index in [1.807, 2.05) is 26.8 Å². The molecule has 0 bridgehead atoms. The summed E-state index contributed by atoms with van der Waals surface area (Å²) < 4.78 is 19.5. The molecular weight excluding hydrogens is 511 g/mol. The second-order valence-electron chi connectivity index (χ2n) is 12.0. The van der Waals surface area contributed by atoms with Gasteiger partial charge in [0, 0.05) is 37.6 Å². The molecule has 3 heterocycles. The smallest absolute Gasteiger partial charge is 0.413 e. The summed E-state index contributed by atoms with van der Waals surface area (Å²) in [5, 5.41) is 6.30. The maximum absolute atomic E-state index is 14.2. The van der Waals surface area contributed by atoms with E-state index in [9.17, 15) is 14.0 Å². The van der Waals surface area contributed by atoms with E-state index in [2.05, 4.69) is 25.5 Å². The van der Waals surface area contributed by atoms with Gasteiger partial charge in [-0.1, -0.05) is 31.4 Å². The van der Waals surface area contributed by atoms with Crippen LogP contribution < -0.4 is 15.5 Å². The number of nitrogens with one attached hydrogen (secondary N) is 2. The van der Waals surface area contributed by atoms with Gasteiger partial charge < -0.3 is 10.1 Å². The van der Waals surface area contributed by atoms with Gasteiger partial charge in [-0.2, -0.15) is 4.99 Å². The molecule has 2 aliphatic heterocycles. The fourth-order valence-electron chi connectivity index (χ4n) is 5.92. The number of piperidine rings is 1. The predicted molar refractivity (Wildman–Crippen MR) is 153 cm³/mol. The summed E-state index contributed by atoms with van der Waals surface area (Å²) in [7, 11) is 0. The Kier molecular flexibility index (Phi) is 8.07. The summed E-state index contributed by atoms with van der Waals surface area (Å²) >= 11 is 0. The van der Waals surface area contributed by atoms with Gasteiger partial charge in [-0.3, -0.25) is 15.1 Å². The zero-order chi connectivity index (χ0) is 28.3. The van der Waals surface area contributed by atoms with Crippen LogP contribution in [0.15, 0.2) is 47.6 Å². The van der Waals surface area contributed by atoms with Crippen LogP contribution in [0.4, 0.5) is 25.5 Å². The van der Waals surface area contributed by atoms with Gasteiger partial charge in [-0.15, -0.1) is 0 Å². The Morgan fingerprint density at radius 3 is 2.52 bits per heavy atom. The molecule has 1 aliphatic carbocycles. The molecule has 3 aliphatic rings. The molecule has 2 aromatic rings. The molecule has 1 saturated heterocycles. The number of likely N-dealkylation sites (tertiary alicyclic amines) is 1. The van der Waals surface area contributed by atoms with Crippen LogP contribution >= 0.6 is 0 Å². The Hall–Kier alpha value is -3.53. The third-order valence-corrected chi connectivity index (χ3v) is 7.82. The Labute approximate surface area is 235 Å². The van der Waals surface area contributed by atoms with E-state index in [0.717, 1.165) is 37.3 Å². The minimum Gasteiger partial charge on any atom is -0.444 e. The second kappa shape index (κ2) is 11.5. The third kappa shape index (κ3) is 6.43. The highest BCUT2D eigenvalue weighted by molar-refractivity contribution is 6.16. The topological polar surface area (TPSA) is 99.2 Å². The zero-order valence-electron chi connectivity index (χ0n) is 23.6. The second-order valence-corrected chi connectivity index (χ2v) is 12.0. The normalized spacial score (nSPS) is 19.9. The van der Waals surface area contributed by atoms with Crippen LogP contribution in [-0.2, 0) is 11.3 Å². The van der Waals surface area contributed by atoms with E-state index in [-0.39, 0.29) is 11.8 Å². The first-order valence-electron chi connectivity index (χ1n) is 14.2. The number of amides is 3. The summed E-state index contributed by atoms with van der Waals surface area (Å²) in [6, 6.07) is 9.92. The molecule has 1 aromatic heterocycles. The van der Waals surface area contributed by atoms with E-state index < -0.39 is 17.2 Å². The van der Waals surface area contributed by atoms with E-state index >= 15 is 0 Å². The fourth-order valence-corrected chi connectivity index (χ4v) is 5.92. The van der Waals surface area contributed by atoms with Crippen molar-refractivity contribution in [3.8, 4) is 0 Å². The van der Waals surface area contributed by atoms with Crippen LogP contribution in [0.3, 0.4) is 0 Å². The average Bonchev–Trinajstić information content (AvgIpc) is 3.16. The number of hydrogen-bond donors (Lipinski definition) is 2. The number of aliphatic imine (C=N–C) groups is 1. The molecular formula is C30H39FN6O3. The predicted octanol–water partition coefficient (Wildman–Crippen LogP) is 5.86. The Bertz CT molecular complexity index is 1240. The molecule has 0 atom stereocenters. The highest BCUT2D eigenvalue weighted by Gasteiger charge is 2.52. The number of urea groups is 1. The lowest BCUT2D eigenvalue weighted by Crippen LogP contribution is -2.62. The van der Waals surface area contributed by atoms with Crippen molar-refractivity contribution >= 4 is 29.5 Å². The SMILES string of the molecule is CC(C)(C)OC(=O)Nc1ccc(CN2CCC3(CC2)C(NC2CCCCC2)=NC(=O)N3c2cccc(F)c2)cn1. The van der Waals surface area contributed by atoms with Gasteiger partial charge in [0.25, 0.3) is 0 Å². The number of ether oxygens (including phenoxy) is 1. The quantitative estimate of drug-likeness (QED) is 0.484. The number of carbonyl (C=O) groups is 2. The van der Waals surface area contributed by atoms with Crippen LogP contribution in [0.25, 0.3) is 0 Å². The molecule has 1 spiro atoms. The van der Waals surface area contributed by atoms with Gasteiger partial charge in [-0.05, 0) is 76.3 Å². The van der Waals surface area contributed by atoms with Crippen LogP contribution in [0, 0.1) is 5.82 Å². The van der Waals surface area contributed by atoms with Gasteiger partial charge in [-0.25, -0.2) is 19.0 Å². The largest absolute Gasteiger partial charge is 0.444 e. The van der Waals surface area contributed by atoms with Crippen LogP contribution in [-0.4, -0.2) is 58.1 Å². The summed E-state index contributed by atoms with van der Waals surface area (Å²) in [6.07, 6.45) is 8.31.